The summed E-state index contributed by atoms with van der Waals surface area (Å²) < 4.78 is 21.2. The Labute approximate surface area is 167 Å². The van der Waals surface area contributed by atoms with E-state index in [9.17, 15) is 18.8 Å². The molecule has 0 bridgehead atoms. The summed E-state index contributed by atoms with van der Waals surface area (Å²) in [5.41, 5.74) is 0.426. The van der Waals surface area contributed by atoms with Crippen molar-refractivity contribution in [2.75, 3.05) is 13.1 Å². The van der Waals surface area contributed by atoms with Gasteiger partial charge in [-0.15, -0.1) is 0 Å². The monoisotopic (exact) mass is 401 g/mol. The number of hydrogen-bond donors (Lipinski definition) is 1. The number of hydrogen-bond acceptors (Lipinski definition) is 4. The van der Waals surface area contributed by atoms with Crippen LogP contribution in [-0.4, -0.2) is 39.2 Å². The summed E-state index contributed by atoms with van der Waals surface area (Å²) in [7, 11) is 0. The van der Waals surface area contributed by atoms with Crippen LogP contribution in [0.4, 0.5) is 9.18 Å². The minimum absolute atomic E-state index is 0.209. The Morgan fingerprint density at radius 1 is 1.24 bits per heavy atom. The van der Waals surface area contributed by atoms with Gasteiger partial charge in [-0.05, 0) is 50.5 Å². The topological polar surface area (TPSA) is 84.4 Å². The first kappa shape index (κ1) is 20.6. The molecular formula is C21H24FN3O4. The molecule has 0 fully saturated rings. The number of ether oxygens (including phenoxy) is 1. The Balaban J connectivity index is 1.77. The lowest BCUT2D eigenvalue weighted by atomic mass is 9.97. The zero-order valence-electron chi connectivity index (χ0n) is 16.7. The molecule has 2 heterocycles. The quantitative estimate of drug-likeness (QED) is 0.857. The second-order valence-electron chi connectivity index (χ2n) is 7.96. The van der Waals surface area contributed by atoms with E-state index in [0.29, 0.717) is 25.1 Å². The molecule has 7 nitrogen and oxygen atoms in total. The zero-order chi connectivity index (χ0) is 21.2. The van der Waals surface area contributed by atoms with Gasteiger partial charge in [0.05, 0.1) is 6.54 Å². The number of rotatable bonds is 3. The van der Waals surface area contributed by atoms with E-state index in [0.717, 1.165) is 11.1 Å². The Hall–Kier alpha value is -3.16. The van der Waals surface area contributed by atoms with Gasteiger partial charge in [-0.25, -0.2) is 14.0 Å². The average Bonchev–Trinajstić information content (AvgIpc) is 2.64. The van der Waals surface area contributed by atoms with E-state index in [-0.39, 0.29) is 18.5 Å². The van der Waals surface area contributed by atoms with Crippen LogP contribution in [0.3, 0.4) is 0 Å². The molecule has 3 rings (SSSR count). The first-order valence-electron chi connectivity index (χ1n) is 9.38. The highest BCUT2D eigenvalue weighted by Gasteiger charge is 2.24. The molecule has 1 N–H and O–H groups in total. The summed E-state index contributed by atoms with van der Waals surface area (Å²) >= 11 is 0. The molecule has 1 aliphatic heterocycles. The molecule has 0 spiro atoms. The van der Waals surface area contributed by atoms with Gasteiger partial charge in [0.1, 0.15) is 11.4 Å². The number of aromatic nitrogens is 2. The van der Waals surface area contributed by atoms with Crippen LogP contribution in [0, 0.1) is 5.82 Å². The molecule has 0 saturated carbocycles. The van der Waals surface area contributed by atoms with E-state index >= 15 is 0 Å². The smallest absolute Gasteiger partial charge is 0.410 e. The van der Waals surface area contributed by atoms with Crippen molar-refractivity contribution in [1.29, 1.82) is 0 Å². The van der Waals surface area contributed by atoms with Crippen LogP contribution in [0.15, 0.2) is 46.1 Å². The number of amides is 1. The summed E-state index contributed by atoms with van der Waals surface area (Å²) in [5.74, 6) is -0.362. The maximum atomic E-state index is 14.4. The first-order chi connectivity index (χ1) is 13.6. The number of carbonyl (C=O) groups excluding carboxylic acids is 1. The molecule has 1 amide bonds. The van der Waals surface area contributed by atoms with Gasteiger partial charge < -0.3 is 9.64 Å². The number of carbonyl (C=O) groups is 1. The highest BCUT2D eigenvalue weighted by atomic mass is 19.1. The molecule has 0 unspecified atom stereocenters. The Morgan fingerprint density at radius 3 is 2.62 bits per heavy atom. The molecule has 1 aromatic carbocycles. The normalized spacial score (nSPS) is 14.5. The number of aromatic amines is 1. The van der Waals surface area contributed by atoms with Crippen molar-refractivity contribution in [3.63, 3.8) is 0 Å². The number of benzene rings is 1. The van der Waals surface area contributed by atoms with Crippen LogP contribution < -0.4 is 11.2 Å². The van der Waals surface area contributed by atoms with E-state index < -0.39 is 16.9 Å². The summed E-state index contributed by atoms with van der Waals surface area (Å²) in [6, 6.07) is 5.93. The Kier molecular flexibility index (Phi) is 5.72. The molecule has 0 atom stereocenters. The number of H-pyrrole nitrogens is 1. The third kappa shape index (κ3) is 5.22. The summed E-state index contributed by atoms with van der Waals surface area (Å²) in [6.45, 7) is 6.41. The summed E-state index contributed by atoms with van der Waals surface area (Å²) in [6.07, 6.45) is 3.34. The van der Waals surface area contributed by atoms with Crippen molar-refractivity contribution in [2.45, 2.75) is 39.3 Å². The third-order valence-electron chi connectivity index (χ3n) is 4.49. The molecule has 0 saturated heterocycles. The fourth-order valence-electron chi connectivity index (χ4n) is 3.09. The van der Waals surface area contributed by atoms with Crippen molar-refractivity contribution in [3.8, 4) is 0 Å². The molecule has 0 aliphatic carbocycles. The van der Waals surface area contributed by atoms with E-state index in [1.165, 1.54) is 22.9 Å². The lowest BCUT2D eigenvalue weighted by Gasteiger charge is -2.29. The Morgan fingerprint density at radius 2 is 2.00 bits per heavy atom. The van der Waals surface area contributed by atoms with Crippen LogP contribution in [0.1, 0.15) is 38.3 Å². The SMILES string of the molecule is CC(C)(C)OC(=O)N1CC=C(c2cc(Cn3ccc(=O)[nH]c3=O)ccc2F)CC1. The van der Waals surface area contributed by atoms with Gasteiger partial charge >= 0.3 is 11.8 Å². The minimum Gasteiger partial charge on any atom is -0.444 e. The molecule has 29 heavy (non-hydrogen) atoms. The van der Waals surface area contributed by atoms with Crippen LogP contribution in [0.25, 0.3) is 5.57 Å². The molecule has 154 valence electrons. The van der Waals surface area contributed by atoms with E-state index in [2.05, 4.69) is 4.98 Å². The predicted octanol–water partition coefficient (Wildman–Crippen LogP) is 2.75. The van der Waals surface area contributed by atoms with Gasteiger partial charge in [-0.3, -0.25) is 14.3 Å². The highest BCUT2D eigenvalue weighted by molar-refractivity contribution is 5.73. The van der Waals surface area contributed by atoms with Gasteiger partial charge in [0.25, 0.3) is 5.56 Å². The summed E-state index contributed by atoms with van der Waals surface area (Å²) in [4.78, 5) is 39.0. The van der Waals surface area contributed by atoms with Crippen LogP contribution >= 0.6 is 0 Å². The van der Waals surface area contributed by atoms with Crippen molar-refractivity contribution < 1.29 is 13.9 Å². The van der Waals surface area contributed by atoms with Crippen LogP contribution in [0.2, 0.25) is 0 Å². The molecule has 0 radical (unpaired) electrons. The van der Waals surface area contributed by atoms with Crippen molar-refractivity contribution in [1.82, 2.24) is 14.5 Å². The van der Waals surface area contributed by atoms with Crippen molar-refractivity contribution >= 4 is 11.7 Å². The Bertz CT molecular complexity index is 1060. The predicted molar refractivity (Wildman–Crippen MR) is 107 cm³/mol. The van der Waals surface area contributed by atoms with Gasteiger partial charge in [0, 0.05) is 30.9 Å². The maximum absolute atomic E-state index is 14.4. The fraction of sp³-hybridized carbons (Fsp3) is 0.381. The lowest BCUT2D eigenvalue weighted by Crippen LogP contribution is -2.39. The van der Waals surface area contributed by atoms with E-state index in [1.54, 1.807) is 17.0 Å². The highest BCUT2D eigenvalue weighted by Crippen LogP contribution is 2.26. The third-order valence-corrected chi connectivity index (χ3v) is 4.49. The van der Waals surface area contributed by atoms with Gasteiger partial charge in [0.2, 0.25) is 0 Å². The van der Waals surface area contributed by atoms with E-state index in [1.807, 2.05) is 26.8 Å². The largest absolute Gasteiger partial charge is 0.444 e. The van der Waals surface area contributed by atoms with Gasteiger partial charge in [-0.1, -0.05) is 12.1 Å². The number of nitrogens with zero attached hydrogens (tertiary/aromatic N) is 2. The van der Waals surface area contributed by atoms with Crippen LogP contribution in [-0.2, 0) is 11.3 Å². The van der Waals surface area contributed by atoms with Crippen LogP contribution in [0.5, 0.6) is 0 Å². The standard InChI is InChI=1S/C21H24FN3O4/c1-21(2,3)29-20(28)24-9-6-15(7-10-24)16-12-14(4-5-17(16)22)13-25-11-8-18(26)23-19(25)27/h4-6,8,11-12H,7,9-10,13H2,1-3H3,(H,23,26,27). The number of nitrogens with one attached hydrogen (secondary N) is 1. The molecule has 1 aromatic heterocycles. The maximum Gasteiger partial charge on any atom is 0.410 e. The van der Waals surface area contributed by atoms with E-state index in [4.69, 9.17) is 4.74 Å². The van der Waals surface area contributed by atoms with Gasteiger partial charge in [0.15, 0.2) is 0 Å². The first-order valence-corrected chi connectivity index (χ1v) is 9.38. The number of halogens is 1. The molecule has 1 aliphatic rings. The van der Waals surface area contributed by atoms with Crippen molar-refractivity contribution in [2.24, 2.45) is 0 Å². The summed E-state index contributed by atoms with van der Waals surface area (Å²) in [5, 5.41) is 0. The molecule has 8 heteroatoms. The fourth-order valence-corrected chi connectivity index (χ4v) is 3.09. The molecule has 2 aromatic rings. The zero-order valence-corrected chi connectivity index (χ0v) is 16.7. The second-order valence-corrected chi connectivity index (χ2v) is 7.96. The molecular weight excluding hydrogens is 377 g/mol. The second kappa shape index (κ2) is 8.06. The van der Waals surface area contributed by atoms with Gasteiger partial charge in [-0.2, -0.15) is 0 Å². The van der Waals surface area contributed by atoms with Crippen molar-refractivity contribution in [3.05, 3.63) is 74.3 Å². The average molecular weight is 401 g/mol. The minimum atomic E-state index is -0.568. The lowest BCUT2D eigenvalue weighted by molar-refractivity contribution is 0.0270.